The molecule has 0 spiro atoms. The van der Waals surface area contributed by atoms with Gasteiger partial charge in [0.25, 0.3) is 0 Å². The summed E-state index contributed by atoms with van der Waals surface area (Å²) in [7, 11) is 3.86. The van der Waals surface area contributed by atoms with Crippen LogP contribution in [0, 0.1) is 12.7 Å². The predicted octanol–water partition coefficient (Wildman–Crippen LogP) is 5.08. The van der Waals surface area contributed by atoms with Gasteiger partial charge in [0.1, 0.15) is 11.6 Å². The van der Waals surface area contributed by atoms with E-state index in [1.807, 2.05) is 48.8 Å². The Labute approximate surface area is 170 Å². The molecule has 0 bridgehead atoms. The standard InChI is InChI=1S/C20H18BrFN6/c1-12-15-11-14(5-7-17(15)26-28(12)3)27(2)19-8-9-23-20(25-19)24-18-6-4-13(21)10-16(18)22/h4-11H,1-3H3,(H,23,24,25). The van der Waals surface area contributed by atoms with Crippen molar-refractivity contribution >= 4 is 50.0 Å². The van der Waals surface area contributed by atoms with Gasteiger partial charge >= 0.3 is 0 Å². The van der Waals surface area contributed by atoms with Gasteiger partial charge in [0.15, 0.2) is 0 Å². The van der Waals surface area contributed by atoms with Crippen LogP contribution in [-0.4, -0.2) is 26.8 Å². The Morgan fingerprint density at radius 3 is 2.75 bits per heavy atom. The second kappa shape index (κ2) is 7.20. The highest BCUT2D eigenvalue weighted by Crippen LogP contribution is 2.28. The fourth-order valence-corrected chi connectivity index (χ4v) is 3.29. The van der Waals surface area contributed by atoms with Gasteiger partial charge < -0.3 is 10.2 Å². The van der Waals surface area contributed by atoms with Crippen LogP contribution in [0.1, 0.15) is 5.69 Å². The van der Waals surface area contributed by atoms with Gasteiger partial charge in [-0.3, -0.25) is 4.68 Å². The Morgan fingerprint density at radius 1 is 1.14 bits per heavy atom. The van der Waals surface area contributed by atoms with Crippen molar-refractivity contribution in [1.82, 2.24) is 19.7 Å². The number of rotatable bonds is 4. The highest BCUT2D eigenvalue weighted by molar-refractivity contribution is 9.10. The molecule has 0 atom stereocenters. The maximum absolute atomic E-state index is 14.1. The number of hydrogen-bond donors (Lipinski definition) is 1. The normalized spacial score (nSPS) is 11.0. The molecule has 0 aliphatic rings. The summed E-state index contributed by atoms with van der Waals surface area (Å²) in [5.41, 5.74) is 3.34. The molecule has 2 aromatic carbocycles. The predicted molar refractivity (Wildman–Crippen MR) is 113 cm³/mol. The van der Waals surface area contributed by atoms with E-state index in [1.54, 1.807) is 18.3 Å². The van der Waals surface area contributed by atoms with Crippen molar-refractivity contribution < 1.29 is 4.39 Å². The molecule has 2 heterocycles. The summed E-state index contributed by atoms with van der Waals surface area (Å²) in [4.78, 5) is 10.7. The van der Waals surface area contributed by atoms with Crippen LogP contribution in [0.4, 0.5) is 27.5 Å². The molecular weight excluding hydrogens is 423 g/mol. The van der Waals surface area contributed by atoms with Crippen LogP contribution in [0.2, 0.25) is 0 Å². The fraction of sp³-hybridized carbons (Fsp3) is 0.150. The van der Waals surface area contributed by atoms with Crippen LogP contribution in [-0.2, 0) is 7.05 Å². The topological polar surface area (TPSA) is 58.9 Å². The lowest BCUT2D eigenvalue weighted by Crippen LogP contribution is -2.12. The molecule has 28 heavy (non-hydrogen) atoms. The molecule has 0 amide bonds. The molecule has 0 saturated heterocycles. The Hall–Kier alpha value is -3.00. The van der Waals surface area contributed by atoms with Crippen molar-refractivity contribution in [2.75, 3.05) is 17.3 Å². The smallest absolute Gasteiger partial charge is 0.229 e. The molecule has 0 aliphatic heterocycles. The van der Waals surface area contributed by atoms with E-state index < -0.39 is 0 Å². The summed E-state index contributed by atoms with van der Waals surface area (Å²) in [6.07, 6.45) is 1.64. The second-order valence-electron chi connectivity index (χ2n) is 6.46. The largest absolute Gasteiger partial charge is 0.329 e. The van der Waals surface area contributed by atoms with E-state index in [2.05, 4.69) is 42.4 Å². The Kier molecular flexibility index (Phi) is 4.72. The Bertz CT molecular complexity index is 1170. The Morgan fingerprint density at radius 2 is 1.96 bits per heavy atom. The van der Waals surface area contributed by atoms with Gasteiger partial charge in [-0.1, -0.05) is 15.9 Å². The van der Waals surface area contributed by atoms with Gasteiger partial charge in [-0.15, -0.1) is 0 Å². The number of anilines is 4. The van der Waals surface area contributed by atoms with Gasteiger partial charge in [0.2, 0.25) is 5.95 Å². The molecular formula is C20H18BrFN6. The Balaban J connectivity index is 1.64. The van der Waals surface area contributed by atoms with Gasteiger partial charge in [0.05, 0.1) is 11.2 Å². The minimum Gasteiger partial charge on any atom is -0.329 e. The number of aromatic nitrogens is 4. The SMILES string of the molecule is Cc1c2cc(N(C)c3ccnc(Nc4ccc(Br)cc4F)n3)ccc2nn1C. The van der Waals surface area contributed by atoms with Crippen molar-refractivity contribution in [3.63, 3.8) is 0 Å². The molecule has 0 radical (unpaired) electrons. The van der Waals surface area contributed by atoms with Gasteiger partial charge in [-0.05, 0) is 49.4 Å². The van der Waals surface area contributed by atoms with E-state index in [4.69, 9.17) is 0 Å². The summed E-state index contributed by atoms with van der Waals surface area (Å²) in [5, 5.41) is 8.51. The lowest BCUT2D eigenvalue weighted by molar-refractivity contribution is 0.631. The zero-order valence-electron chi connectivity index (χ0n) is 15.6. The van der Waals surface area contributed by atoms with Crippen LogP contribution in [0.5, 0.6) is 0 Å². The van der Waals surface area contributed by atoms with Crippen molar-refractivity contribution in [3.05, 3.63) is 64.6 Å². The molecule has 142 valence electrons. The van der Waals surface area contributed by atoms with Gasteiger partial charge in [-0.2, -0.15) is 10.1 Å². The molecule has 6 nitrogen and oxygen atoms in total. The van der Waals surface area contributed by atoms with E-state index >= 15 is 0 Å². The van der Waals surface area contributed by atoms with Crippen LogP contribution in [0.15, 0.2) is 53.1 Å². The molecule has 4 rings (SSSR count). The first-order chi connectivity index (χ1) is 13.4. The molecule has 0 aliphatic carbocycles. The number of hydrogen-bond acceptors (Lipinski definition) is 5. The van der Waals surface area contributed by atoms with Crippen LogP contribution < -0.4 is 10.2 Å². The van der Waals surface area contributed by atoms with Crippen molar-refractivity contribution in [2.45, 2.75) is 6.92 Å². The minimum atomic E-state index is -0.380. The highest BCUT2D eigenvalue weighted by atomic mass is 79.9. The van der Waals surface area contributed by atoms with E-state index in [0.29, 0.717) is 21.9 Å². The highest BCUT2D eigenvalue weighted by Gasteiger charge is 2.12. The monoisotopic (exact) mass is 440 g/mol. The lowest BCUT2D eigenvalue weighted by atomic mass is 10.2. The first-order valence-electron chi connectivity index (χ1n) is 8.64. The van der Waals surface area contributed by atoms with Crippen molar-refractivity contribution in [1.29, 1.82) is 0 Å². The average molecular weight is 441 g/mol. The quantitative estimate of drug-likeness (QED) is 0.479. The third-order valence-corrected chi connectivity index (χ3v) is 5.16. The third-order valence-electron chi connectivity index (χ3n) is 4.66. The number of aryl methyl sites for hydroxylation is 2. The molecule has 0 unspecified atom stereocenters. The zero-order chi connectivity index (χ0) is 19.8. The number of nitrogens with zero attached hydrogens (tertiary/aromatic N) is 5. The molecule has 1 N–H and O–H groups in total. The summed E-state index contributed by atoms with van der Waals surface area (Å²) >= 11 is 3.25. The van der Waals surface area contributed by atoms with Crippen LogP contribution >= 0.6 is 15.9 Å². The number of nitrogens with one attached hydrogen (secondary N) is 1. The van der Waals surface area contributed by atoms with Crippen LogP contribution in [0.3, 0.4) is 0 Å². The van der Waals surface area contributed by atoms with Crippen LogP contribution in [0.25, 0.3) is 10.9 Å². The zero-order valence-corrected chi connectivity index (χ0v) is 17.2. The summed E-state index contributed by atoms with van der Waals surface area (Å²) in [6.45, 7) is 2.04. The number of halogens is 2. The average Bonchev–Trinajstić information content (AvgIpc) is 2.97. The fourth-order valence-electron chi connectivity index (χ4n) is 2.96. The second-order valence-corrected chi connectivity index (χ2v) is 7.37. The van der Waals surface area contributed by atoms with E-state index in [-0.39, 0.29) is 5.82 Å². The van der Waals surface area contributed by atoms with Gasteiger partial charge in [-0.25, -0.2) is 9.37 Å². The maximum Gasteiger partial charge on any atom is 0.229 e. The van der Waals surface area contributed by atoms with E-state index in [1.165, 1.54) is 6.07 Å². The third kappa shape index (κ3) is 3.43. The summed E-state index contributed by atoms with van der Waals surface area (Å²) < 4.78 is 16.6. The van der Waals surface area contributed by atoms with Gasteiger partial charge in [0, 0.05) is 41.5 Å². The number of fused-ring (bicyclic) bond motifs is 1. The lowest BCUT2D eigenvalue weighted by Gasteiger charge is -2.19. The first kappa shape index (κ1) is 18.4. The summed E-state index contributed by atoms with van der Waals surface area (Å²) in [5.74, 6) is 0.634. The summed E-state index contributed by atoms with van der Waals surface area (Å²) in [6, 6.07) is 12.7. The molecule has 0 saturated carbocycles. The van der Waals surface area contributed by atoms with Crippen molar-refractivity contribution in [3.8, 4) is 0 Å². The minimum absolute atomic E-state index is 0.315. The molecule has 0 fully saturated rings. The number of benzene rings is 2. The maximum atomic E-state index is 14.1. The van der Waals surface area contributed by atoms with Crippen molar-refractivity contribution in [2.24, 2.45) is 7.05 Å². The first-order valence-corrected chi connectivity index (χ1v) is 9.44. The van der Waals surface area contributed by atoms with E-state index in [9.17, 15) is 4.39 Å². The molecule has 8 heteroatoms. The van der Waals surface area contributed by atoms with E-state index in [0.717, 1.165) is 22.3 Å². The molecule has 4 aromatic rings. The molecule has 2 aromatic heterocycles.